The number of carbonyl (C=O) groups excluding carboxylic acids is 1. The molecule has 0 heterocycles. The van der Waals surface area contributed by atoms with Crippen molar-refractivity contribution in [3.05, 3.63) is 23.8 Å². The first kappa shape index (κ1) is 14.7. The van der Waals surface area contributed by atoms with Gasteiger partial charge in [-0.15, -0.1) is 0 Å². The van der Waals surface area contributed by atoms with Crippen LogP contribution in [0.3, 0.4) is 0 Å². The maximum Gasteiger partial charge on any atom is 0.224 e. The second-order valence-corrected chi connectivity index (χ2v) is 5.08. The lowest BCUT2D eigenvalue weighted by atomic mass is 10.00. The number of hydrogen-bond acceptors (Lipinski definition) is 3. The maximum atomic E-state index is 13.5. The van der Waals surface area contributed by atoms with Gasteiger partial charge < -0.3 is 15.8 Å². The number of carbonyl (C=O) groups is 1. The van der Waals surface area contributed by atoms with Gasteiger partial charge in [-0.2, -0.15) is 0 Å². The number of benzene rings is 1. The van der Waals surface area contributed by atoms with Crippen molar-refractivity contribution in [1.82, 2.24) is 0 Å². The number of nitrogens with one attached hydrogen (secondary N) is 1. The third-order valence-electron chi connectivity index (χ3n) is 3.65. The number of ether oxygens (including phenoxy) is 1. The molecule has 110 valence electrons. The summed E-state index contributed by atoms with van der Waals surface area (Å²) in [6.45, 7) is 0. The lowest BCUT2D eigenvalue weighted by Crippen LogP contribution is -2.28. The molecule has 1 aliphatic rings. The van der Waals surface area contributed by atoms with E-state index in [1.807, 2.05) is 0 Å². The minimum absolute atomic E-state index is 0.0325. The maximum absolute atomic E-state index is 13.5. The van der Waals surface area contributed by atoms with Crippen molar-refractivity contribution in [2.75, 3.05) is 12.4 Å². The highest BCUT2D eigenvalue weighted by atomic mass is 19.1. The Kier molecular flexibility index (Phi) is 4.54. The molecule has 4 nitrogen and oxygen atoms in total. The van der Waals surface area contributed by atoms with Crippen LogP contribution in [-0.2, 0) is 4.79 Å². The number of amides is 1. The first-order valence-corrected chi connectivity index (χ1v) is 6.59. The molecule has 3 N–H and O–H groups in total. The summed E-state index contributed by atoms with van der Waals surface area (Å²) >= 11 is 0. The smallest absolute Gasteiger partial charge is 0.224 e. The summed E-state index contributed by atoms with van der Waals surface area (Å²) in [6, 6.07) is 2.10. The predicted octanol–water partition coefficient (Wildman–Crippen LogP) is 2.43. The molecule has 1 aromatic carbocycles. The molecule has 0 unspecified atom stereocenters. The molecular weight excluding hydrogens is 266 g/mol. The lowest BCUT2D eigenvalue weighted by molar-refractivity contribution is -0.117. The van der Waals surface area contributed by atoms with E-state index in [2.05, 4.69) is 10.1 Å². The number of hydrogen-bond donors (Lipinski definition) is 2. The van der Waals surface area contributed by atoms with Gasteiger partial charge in [-0.25, -0.2) is 8.78 Å². The zero-order valence-corrected chi connectivity index (χ0v) is 11.3. The highest BCUT2D eigenvalue weighted by Gasteiger charge is 2.26. The van der Waals surface area contributed by atoms with Gasteiger partial charge >= 0.3 is 0 Å². The fraction of sp³-hybridized carbons (Fsp3) is 0.500. The van der Waals surface area contributed by atoms with Gasteiger partial charge in [-0.1, -0.05) is 6.42 Å². The Labute approximate surface area is 116 Å². The SMILES string of the molecule is COc1c(F)cc(NC(=O)C[C@@H]2CCC[C@H]2N)cc1F. The second-order valence-electron chi connectivity index (χ2n) is 5.08. The van der Waals surface area contributed by atoms with Gasteiger partial charge in [0.25, 0.3) is 0 Å². The summed E-state index contributed by atoms with van der Waals surface area (Å²) in [5, 5.41) is 2.49. The summed E-state index contributed by atoms with van der Waals surface area (Å²) in [7, 11) is 1.18. The molecule has 0 spiro atoms. The van der Waals surface area contributed by atoms with Crippen LogP contribution in [0, 0.1) is 17.6 Å². The summed E-state index contributed by atoms with van der Waals surface area (Å²) < 4.78 is 31.6. The zero-order chi connectivity index (χ0) is 14.7. The molecule has 1 aliphatic carbocycles. The normalized spacial score (nSPS) is 21.8. The van der Waals surface area contributed by atoms with E-state index in [-0.39, 0.29) is 30.0 Å². The molecule has 0 saturated heterocycles. The molecule has 0 bridgehead atoms. The Bertz CT molecular complexity index is 485. The molecule has 20 heavy (non-hydrogen) atoms. The van der Waals surface area contributed by atoms with Crippen LogP contribution >= 0.6 is 0 Å². The summed E-state index contributed by atoms with van der Waals surface area (Å²) in [5.41, 5.74) is 5.97. The molecule has 6 heteroatoms. The monoisotopic (exact) mass is 284 g/mol. The van der Waals surface area contributed by atoms with Crippen LogP contribution in [0.5, 0.6) is 5.75 Å². The van der Waals surface area contributed by atoms with Gasteiger partial charge in [0.1, 0.15) is 0 Å². The Morgan fingerprint density at radius 2 is 2.05 bits per heavy atom. The fourth-order valence-corrected chi connectivity index (χ4v) is 2.60. The molecular formula is C14H18F2N2O2. The molecule has 1 saturated carbocycles. The molecule has 0 radical (unpaired) electrons. The average molecular weight is 284 g/mol. The number of rotatable bonds is 4. The van der Waals surface area contributed by atoms with Crippen molar-refractivity contribution in [3.63, 3.8) is 0 Å². The number of halogens is 2. The van der Waals surface area contributed by atoms with E-state index in [9.17, 15) is 13.6 Å². The van der Waals surface area contributed by atoms with Crippen LogP contribution in [0.1, 0.15) is 25.7 Å². The van der Waals surface area contributed by atoms with E-state index in [0.29, 0.717) is 0 Å². The van der Waals surface area contributed by atoms with Crippen LogP contribution in [-0.4, -0.2) is 19.1 Å². The Balaban J connectivity index is 2.01. The first-order valence-electron chi connectivity index (χ1n) is 6.59. The molecule has 1 amide bonds. The Morgan fingerprint density at radius 1 is 1.40 bits per heavy atom. The lowest BCUT2D eigenvalue weighted by Gasteiger charge is -2.15. The van der Waals surface area contributed by atoms with E-state index in [1.54, 1.807) is 0 Å². The molecule has 2 atom stereocenters. The van der Waals surface area contributed by atoms with Gasteiger partial charge in [0, 0.05) is 30.3 Å². The third-order valence-corrected chi connectivity index (χ3v) is 3.65. The van der Waals surface area contributed by atoms with Crippen molar-refractivity contribution in [3.8, 4) is 5.75 Å². The number of nitrogens with two attached hydrogens (primary N) is 1. The second kappa shape index (κ2) is 6.17. The standard InChI is InChI=1S/C14H18F2N2O2/c1-20-14-10(15)6-9(7-11(14)16)18-13(19)5-8-3-2-4-12(8)17/h6-8,12H,2-5,17H2,1H3,(H,18,19)/t8-,12+/m0/s1. The largest absolute Gasteiger partial charge is 0.491 e. The van der Waals surface area contributed by atoms with Crippen LogP contribution < -0.4 is 15.8 Å². The van der Waals surface area contributed by atoms with Crippen molar-refractivity contribution in [1.29, 1.82) is 0 Å². The topological polar surface area (TPSA) is 64.3 Å². The first-order chi connectivity index (χ1) is 9.51. The number of methoxy groups -OCH3 is 1. The Morgan fingerprint density at radius 3 is 2.55 bits per heavy atom. The van der Waals surface area contributed by atoms with Crippen LogP contribution in [0.2, 0.25) is 0 Å². The van der Waals surface area contributed by atoms with E-state index in [1.165, 1.54) is 7.11 Å². The minimum Gasteiger partial charge on any atom is -0.491 e. The van der Waals surface area contributed by atoms with E-state index in [4.69, 9.17) is 5.73 Å². The molecule has 0 aromatic heterocycles. The van der Waals surface area contributed by atoms with Gasteiger partial charge in [0.05, 0.1) is 7.11 Å². The van der Waals surface area contributed by atoms with Crippen molar-refractivity contribution in [2.45, 2.75) is 31.7 Å². The highest BCUT2D eigenvalue weighted by molar-refractivity contribution is 5.91. The minimum atomic E-state index is -0.847. The summed E-state index contributed by atoms with van der Waals surface area (Å²) in [5.74, 6) is -2.29. The zero-order valence-electron chi connectivity index (χ0n) is 11.3. The van der Waals surface area contributed by atoms with E-state index < -0.39 is 17.4 Å². The molecule has 2 rings (SSSR count). The highest BCUT2D eigenvalue weighted by Crippen LogP contribution is 2.28. The molecule has 1 fully saturated rings. The van der Waals surface area contributed by atoms with Crippen molar-refractivity contribution >= 4 is 11.6 Å². The van der Waals surface area contributed by atoms with Crippen molar-refractivity contribution < 1.29 is 18.3 Å². The van der Waals surface area contributed by atoms with Gasteiger partial charge in [-0.05, 0) is 18.8 Å². The van der Waals surface area contributed by atoms with Gasteiger partial charge in [0.2, 0.25) is 5.91 Å². The summed E-state index contributed by atoms with van der Waals surface area (Å²) in [4.78, 5) is 11.8. The van der Waals surface area contributed by atoms with Crippen LogP contribution in [0.4, 0.5) is 14.5 Å². The molecule has 1 aromatic rings. The van der Waals surface area contributed by atoms with Crippen LogP contribution in [0.15, 0.2) is 12.1 Å². The van der Waals surface area contributed by atoms with Crippen LogP contribution in [0.25, 0.3) is 0 Å². The van der Waals surface area contributed by atoms with E-state index >= 15 is 0 Å². The fourth-order valence-electron chi connectivity index (χ4n) is 2.60. The summed E-state index contributed by atoms with van der Waals surface area (Å²) in [6.07, 6.45) is 3.13. The molecule has 0 aliphatic heterocycles. The number of anilines is 1. The van der Waals surface area contributed by atoms with Gasteiger partial charge in [0.15, 0.2) is 17.4 Å². The van der Waals surface area contributed by atoms with Gasteiger partial charge in [-0.3, -0.25) is 4.79 Å². The Hall–Kier alpha value is -1.69. The van der Waals surface area contributed by atoms with E-state index in [0.717, 1.165) is 31.4 Å². The quantitative estimate of drug-likeness (QED) is 0.892. The third kappa shape index (κ3) is 3.25. The van der Waals surface area contributed by atoms with Crippen molar-refractivity contribution in [2.24, 2.45) is 11.7 Å². The average Bonchev–Trinajstić information content (AvgIpc) is 2.74. The predicted molar refractivity (Wildman–Crippen MR) is 71.5 cm³/mol.